The van der Waals surface area contributed by atoms with E-state index in [0.29, 0.717) is 77.0 Å². The Morgan fingerprint density at radius 3 is 2.31 bits per heavy atom. The highest BCUT2D eigenvalue weighted by Gasteiger charge is 2.50. The zero-order valence-corrected chi connectivity index (χ0v) is 55.9. The van der Waals surface area contributed by atoms with Crippen molar-refractivity contribution in [1.29, 1.82) is 0 Å². The summed E-state index contributed by atoms with van der Waals surface area (Å²) in [5.41, 5.74) is 7.99. The van der Waals surface area contributed by atoms with E-state index in [1.807, 2.05) is 25.1 Å². The van der Waals surface area contributed by atoms with Crippen LogP contribution in [0.15, 0.2) is 70.5 Å². The molecule has 7 heterocycles. The Hall–Kier alpha value is -10.1. The summed E-state index contributed by atoms with van der Waals surface area (Å²) in [7, 11) is 3.79. The molecule has 0 spiro atoms. The van der Waals surface area contributed by atoms with Crippen molar-refractivity contribution in [3.05, 3.63) is 121 Å². The molecule has 2 atom stereocenters. The lowest BCUT2D eigenvalue weighted by Gasteiger charge is -2.35. The van der Waals surface area contributed by atoms with Crippen molar-refractivity contribution in [2.45, 2.75) is 117 Å². The molecule has 2 aromatic carbocycles. The highest BCUT2D eigenvalue weighted by molar-refractivity contribution is 7.99. The summed E-state index contributed by atoms with van der Waals surface area (Å²) in [6, 6.07) is 11.8. The lowest BCUT2D eigenvalue weighted by molar-refractivity contribution is -0.190. The van der Waals surface area contributed by atoms with Crippen LogP contribution < -0.4 is 38.1 Å². The number of thioether (sulfide) groups is 1. The highest BCUT2D eigenvalue weighted by Crippen LogP contribution is 2.42. The first-order valence-electron chi connectivity index (χ1n) is 31.5. The molecule has 0 fully saturated rings. The molecule has 0 aliphatic carbocycles. The van der Waals surface area contributed by atoms with Crippen LogP contribution in [0.5, 0.6) is 5.75 Å². The van der Waals surface area contributed by atoms with Gasteiger partial charge in [-0.15, -0.1) is 17.5 Å². The number of aryl methyl sites for hydroxylation is 1. The van der Waals surface area contributed by atoms with E-state index in [1.165, 1.54) is 41.0 Å². The number of halogens is 1. The average Bonchev–Trinajstić information content (AvgIpc) is 1.64. The van der Waals surface area contributed by atoms with Gasteiger partial charge in [-0.1, -0.05) is 26.0 Å². The predicted octanol–water partition coefficient (Wildman–Crippen LogP) is 2.76. The van der Waals surface area contributed by atoms with Gasteiger partial charge < -0.3 is 66.0 Å². The number of nitrogen functional groups attached to an aromatic ring is 1. The van der Waals surface area contributed by atoms with E-state index in [0.717, 1.165) is 10.9 Å². The van der Waals surface area contributed by atoms with Crippen molar-refractivity contribution >= 4 is 105 Å². The van der Waals surface area contributed by atoms with Gasteiger partial charge in [-0.3, -0.25) is 38.5 Å². The second-order valence-electron chi connectivity index (χ2n) is 23.3. The zero-order valence-electron chi connectivity index (χ0n) is 54.3. The van der Waals surface area contributed by atoms with E-state index in [-0.39, 0.29) is 161 Å². The van der Waals surface area contributed by atoms with Gasteiger partial charge in [-0.05, 0) is 88.3 Å². The topological polar surface area (TPSA) is 416 Å². The van der Waals surface area contributed by atoms with Crippen LogP contribution in [0.2, 0.25) is 0 Å². The first-order valence-corrected chi connectivity index (χ1v) is 32.6. The molecule has 516 valence electrons. The number of carbonyl (C=O) groups excluding carboxylic acids is 7. The SMILES string of the molecule is CCC(=O)N(CCNC(=O)CCCc1cn(CC(=O)O[C@]2(CC)C(=O)OCc3c2cc2n(c3=O)Cc3cc4c(CN(C)C)c(O)ccc4nc3-2)nn1)CCN(CCSCCNC(=O)CCC(NC(=O)c1ccc(NCc2cnc3nc(N)[nH]c(=O)c3n2)cc1)C(=O)O)C(=O)CC.Cl. The number of nitrogens with zero attached hydrogens (tertiary/aromatic N) is 11. The first-order chi connectivity index (χ1) is 46.1. The minimum absolute atomic E-state index is 0. The lowest BCUT2D eigenvalue weighted by Crippen LogP contribution is -2.48. The third kappa shape index (κ3) is 17.9. The Morgan fingerprint density at radius 1 is 0.876 bits per heavy atom. The lowest BCUT2D eigenvalue weighted by atomic mass is 9.85. The zero-order chi connectivity index (χ0) is 68.8. The van der Waals surface area contributed by atoms with Gasteiger partial charge in [-0.2, -0.15) is 16.7 Å². The van der Waals surface area contributed by atoms with Gasteiger partial charge in [0, 0.05) is 123 Å². The van der Waals surface area contributed by atoms with Crippen molar-refractivity contribution in [3.8, 4) is 17.1 Å². The number of carbonyl (C=O) groups is 8. The second kappa shape index (κ2) is 33.1. The van der Waals surface area contributed by atoms with Crippen molar-refractivity contribution < 1.29 is 58.0 Å². The third-order valence-electron chi connectivity index (χ3n) is 16.3. The third-order valence-corrected chi connectivity index (χ3v) is 17.3. The van der Waals surface area contributed by atoms with Crippen LogP contribution in [-0.4, -0.2) is 188 Å². The number of amides is 5. The number of aliphatic carboxylic acids is 1. The Labute approximate surface area is 566 Å². The summed E-state index contributed by atoms with van der Waals surface area (Å²) in [5.74, 6) is -3.44. The molecule has 33 heteroatoms. The number of hydrogen-bond donors (Lipinski definition) is 8. The molecule has 97 heavy (non-hydrogen) atoms. The number of nitrogens with two attached hydrogens (primary N) is 1. The summed E-state index contributed by atoms with van der Waals surface area (Å²) in [6.07, 6.45) is 3.90. The molecule has 0 bridgehead atoms. The molecule has 1 unspecified atom stereocenters. The van der Waals surface area contributed by atoms with Crippen molar-refractivity contribution in [1.82, 2.24) is 75.1 Å². The van der Waals surface area contributed by atoms with Gasteiger partial charge in [0.1, 0.15) is 24.9 Å². The number of phenols is 1. The maximum atomic E-state index is 14.2. The summed E-state index contributed by atoms with van der Waals surface area (Å²) in [4.78, 5) is 155. The number of cyclic esters (lactones) is 1. The fourth-order valence-corrected chi connectivity index (χ4v) is 12.1. The van der Waals surface area contributed by atoms with Gasteiger partial charge in [0.15, 0.2) is 11.2 Å². The normalized spacial score (nSPS) is 13.9. The Bertz CT molecular complexity index is 4220. The number of H-pyrrole nitrogens is 1. The van der Waals surface area contributed by atoms with Crippen LogP contribution in [0, 0.1) is 0 Å². The highest BCUT2D eigenvalue weighted by atomic mass is 35.5. The minimum atomic E-state index is -1.95. The van der Waals surface area contributed by atoms with Crippen molar-refractivity contribution in [2.24, 2.45) is 0 Å². The van der Waals surface area contributed by atoms with Gasteiger partial charge in [0.05, 0.1) is 53.1 Å². The van der Waals surface area contributed by atoms with E-state index in [4.69, 9.17) is 20.2 Å². The number of fused-ring (bicyclic) bond motifs is 6. The van der Waals surface area contributed by atoms with E-state index < -0.39 is 59.0 Å². The van der Waals surface area contributed by atoms with Crippen LogP contribution in [0.25, 0.3) is 33.5 Å². The van der Waals surface area contributed by atoms with Crippen LogP contribution >= 0.6 is 24.2 Å². The molecule has 7 aromatic rings. The number of phenolic OH excluding ortho intramolecular Hbond substituents is 1. The second-order valence-corrected chi connectivity index (χ2v) is 24.5. The number of rotatable bonds is 33. The maximum Gasteiger partial charge on any atom is 0.355 e. The predicted molar refractivity (Wildman–Crippen MR) is 359 cm³/mol. The number of benzene rings is 2. The first kappa shape index (κ1) is 72.7. The molecule has 5 aromatic heterocycles. The summed E-state index contributed by atoms with van der Waals surface area (Å²) in [5, 5.41) is 40.7. The molecule has 5 amide bonds. The maximum absolute atomic E-state index is 14.2. The van der Waals surface area contributed by atoms with Crippen LogP contribution in [0.1, 0.15) is 110 Å². The van der Waals surface area contributed by atoms with Crippen LogP contribution in [0.4, 0.5) is 11.6 Å². The van der Waals surface area contributed by atoms with E-state index >= 15 is 0 Å². The summed E-state index contributed by atoms with van der Waals surface area (Å²) in [6.45, 7) is 6.76. The number of esters is 2. The smallest absolute Gasteiger partial charge is 0.355 e. The molecule has 31 nitrogen and oxygen atoms in total. The number of hydrogen-bond acceptors (Lipinski definition) is 23. The Morgan fingerprint density at radius 2 is 1.60 bits per heavy atom. The van der Waals surface area contributed by atoms with Crippen molar-refractivity contribution in [3.63, 3.8) is 0 Å². The molecule has 9 rings (SSSR count). The van der Waals surface area contributed by atoms with Crippen molar-refractivity contribution in [2.75, 3.05) is 75.9 Å². The van der Waals surface area contributed by atoms with Gasteiger partial charge in [-0.25, -0.2) is 34.0 Å². The van der Waals surface area contributed by atoms with E-state index in [9.17, 15) is 58.2 Å². The summed E-state index contributed by atoms with van der Waals surface area (Å²) < 4.78 is 14.3. The molecule has 0 saturated carbocycles. The summed E-state index contributed by atoms with van der Waals surface area (Å²) >= 11 is 1.50. The Balaban J connectivity index is 0.0000120. The minimum Gasteiger partial charge on any atom is -0.508 e. The molecule has 0 radical (unpaired) electrons. The van der Waals surface area contributed by atoms with Gasteiger partial charge in [0.2, 0.25) is 35.2 Å². The Kier molecular flexibility index (Phi) is 24.8. The number of aromatic nitrogens is 9. The van der Waals surface area contributed by atoms with E-state index in [2.05, 4.69) is 51.5 Å². The van der Waals surface area contributed by atoms with Gasteiger partial charge >= 0.3 is 17.9 Å². The molecular weight excluding hydrogens is 1300 g/mol. The molecule has 9 N–H and O–H groups in total. The van der Waals surface area contributed by atoms with Crippen LogP contribution in [0.3, 0.4) is 0 Å². The molecular formula is C64H78ClN17O14S. The largest absolute Gasteiger partial charge is 0.508 e. The molecule has 0 saturated heterocycles. The number of anilines is 2. The standard InChI is InChI=1S/C64H77N17O14S.ClH/c1-6-52(85)78(23-24-79(53(86)7-2)25-27-96-26-21-67-51(84)19-17-47(61(91)92)72-58(88)37-12-14-39(15-13-37)68-30-41-31-69-57-56(70-41)59(89)74-63(65)73-57)22-20-66-50(83)11-9-10-40-33-80(76-75-40)35-54(87)95-64(8-3)45-29-48-55-38(32-81(48)60(90)44(45)36-94-62(64)93)28-42-43(34-77(4)5)49(82)18-16-46(42)71-55;/h12-16,18,28-29,31,33,47,68,82H,6-11,17,19-27,30,32,34-36H2,1-5H3,(H,66,83)(H,67,84)(H,72,88)(H,91,92)(H3,65,69,73,74,89);1H/t47?,64-;/m0./s1. The monoisotopic (exact) mass is 1380 g/mol. The number of ether oxygens (including phenoxy) is 2. The number of aromatic amines is 1. The number of carboxylic acid groups (broad SMARTS) is 1. The quantitative estimate of drug-likeness (QED) is 0.0216. The molecule has 2 aliphatic rings. The fourth-order valence-electron chi connectivity index (χ4n) is 11.3. The van der Waals surface area contributed by atoms with Gasteiger partial charge in [0.25, 0.3) is 17.0 Å². The number of pyridine rings is 2. The number of nitrogens with one attached hydrogen (secondary N) is 5. The van der Waals surface area contributed by atoms with E-state index in [1.54, 1.807) is 65.5 Å². The fraction of sp³-hybridized carbons (Fsp3) is 0.438. The number of carboxylic acids is 1. The van der Waals surface area contributed by atoms with Crippen LogP contribution in [-0.2, 0) is 87.8 Å². The average molecular weight is 1380 g/mol. The molecule has 2 aliphatic heterocycles. The number of aromatic hydroxyl groups is 1.